The molecular weight excluding hydrogens is 172 g/mol. The van der Waals surface area contributed by atoms with E-state index in [4.69, 9.17) is 5.73 Å². The molecule has 0 spiro atoms. The van der Waals surface area contributed by atoms with Crippen LogP contribution in [0, 0.1) is 11.3 Å². The van der Waals surface area contributed by atoms with Crippen molar-refractivity contribution in [3.8, 4) is 0 Å². The van der Waals surface area contributed by atoms with Crippen LogP contribution in [-0.2, 0) is 0 Å². The number of alkyl halides is 2. The van der Waals surface area contributed by atoms with Gasteiger partial charge in [0.1, 0.15) is 0 Å². The standard InChI is InChI=1S/C10H17F2N/c11-10(12)6-9(10,7-13)8-4-2-1-3-5-8/h8H,1-7,13H2. The summed E-state index contributed by atoms with van der Waals surface area (Å²) in [5, 5.41) is 0. The van der Waals surface area contributed by atoms with Gasteiger partial charge in [0.15, 0.2) is 0 Å². The van der Waals surface area contributed by atoms with Gasteiger partial charge < -0.3 is 5.73 Å². The molecule has 2 rings (SSSR count). The molecule has 0 saturated heterocycles. The van der Waals surface area contributed by atoms with Gasteiger partial charge in [0, 0.05) is 13.0 Å². The van der Waals surface area contributed by atoms with E-state index in [-0.39, 0.29) is 18.9 Å². The van der Waals surface area contributed by atoms with Crippen LogP contribution in [0.25, 0.3) is 0 Å². The third kappa shape index (κ3) is 1.28. The lowest BCUT2D eigenvalue weighted by molar-refractivity contribution is 0.0322. The third-order valence-electron chi connectivity index (χ3n) is 3.89. The van der Waals surface area contributed by atoms with E-state index in [1.54, 1.807) is 0 Å². The Morgan fingerprint density at radius 1 is 1.15 bits per heavy atom. The summed E-state index contributed by atoms with van der Waals surface area (Å²) in [5.41, 5.74) is 4.70. The molecule has 0 radical (unpaired) electrons. The first kappa shape index (κ1) is 9.38. The lowest BCUT2D eigenvalue weighted by Crippen LogP contribution is -2.32. The van der Waals surface area contributed by atoms with E-state index in [1.165, 1.54) is 6.42 Å². The molecule has 1 atom stereocenters. The molecule has 2 aliphatic rings. The van der Waals surface area contributed by atoms with Crippen molar-refractivity contribution in [2.24, 2.45) is 17.1 Å². The SMILES string of the molecule is NCC1(C2CCCCC2)CC1(F)F. The Hall–Kier alpha value is -0.180. The van der Waals surface area contributed by atoms with Crippen LogP contribution in [0.1, 0.15) is 38.5 Å². The van der Waals surface area contributed by atoms with Crippen LogP contribution in [0.4, 0.5) is 8.78 Å². The van der Waals surface area contributed by atoms with Crippen LogP contribution in [0.15, 0.2) is 0 Å². The van der Waals surface area contributed by atoms with Gasteiger partial charge in [0.25, 0.3) is 5.92 Å². The van der Waals surface area contributed by atoms with Crippen LogP contribution in [0.2, 0.25) is 0 Å². The summed E-state index contributed by atoms with van der Waals surface area (Å²) < 4.78 is 26.3. The molecule has 1 unspecified atom stereocenters. The summed E-state index contributed by atoms with van der Waals surface area (Å²) in [5.74, 6) is -2.26. The second kappa shape index (κ2) is 2.91. The molecule has 76 valence electrons. The maximum atomic E-state index is 13.2. The zero-order valence-corrected chi connectivity index (χ0v) is 7.86. The van der Waals surface area contributed by atoms with E-state index in [1.807, 2.05) is 0 Å². The van der Waals surface area contributed by atoms with Crippen LogP contribution < -0.4 is 5.73 Å². The molecule has 2 N–H and O–H groups in total. The summed E-state index contributed by atoms with van der Waals surface area (Å²) >= 11 is 0. The summed E-state index contributed by atoms with van der Waals surface area (Å²) in [6.07, 6.45) is 5.41. The molecule has 3 heteroatoms. The molecule has 2 saturated carbocycles. The summed E-state index contributed by atoms with van der Waals surface area (Å²) in [6.45, 7) is 0.171. The molecule has 2 aliphatic carbocycles. The van der Waals surface area contributed by atoms with Crippen molar-refractivity contribution >= 4 is 0 Å². The Morgan fingerprint density at radius 2 is 1.69 bits per heavy atom. The number of halogens is 2. The van der Waals surface area contributed by atoms with E-state index < -0.39 is 11.3 Å². The quantitative estimate of drug-likeness (QED) is 0.709. The van der Waals surface area contributed by atoms with Crippen molar-refractivity contribution in [2.75, 3.05) is 6.54 Å². The average molecular weight is 189 g/mol. The molecule has 0 bridgehead atoms. The van der Waals surface area contributed by atoms with E-state index in [2.05, 4.69) is 0 Å². The Bertz CT molecular complexity index is 199. The fourth-order valence-electron chi connectivity index (χ4n) is 2.84. The molecule has 0 heterocycles. The van der Waals surface area contributed by atoms with Gasteiger partial charge in [-0.3, -0.25) is 0 Å². The van der Waals surface area contributed by atoms with Gasteiger partial charge in [-0.1, -0.05) is 19.3 Å². The average Bonchev–Trinajstić information content (AvgIpc) is 2.72. The minimum Gasteiger partial charge on any atom is -0.330 e. The van der Waals surface area contributed by atoms with Gasteiger partial charge in [-0.25, -0.2) is 8.78 Å². The maximum absolute atomic E-state index is 13.2. The number of rotatable bonds is 2. The van der Waals surface area contributed by atoms with E-state index in [0.717, 1.165) is 25.7 Å². The molecule has 0 aliphatic heterocycles. The number of nitrogens with two attached hydrogens (primary N) is 1. The van der Waals surface area contributed by atoms with Crippen LogP contribution >= 0.6 is 0 Å². The van der Waals surface area contributed by atoms with Gasteiger partial charge in [-0.2, -0.15) is 0 Å². The van der Waals surface area contributed by atoms with Gasteiger partial charge in [0.05, 0.1) is 5.41 Å². The van der Waals surface area contributed by atoms with Crippen molar-refractivity contribution in [3.63, 3.8) is 0 Å². The predicted octanol–water partition coefficient (Wildman–Crippen LogP) is 2.55. The Labute approximate surface area is 77.7 Å². The molecule has 0 aromatic heterocycles. The van der Waals surface area contributed by atoms with Crippen LogP contribution in [0.3, 0.4) is 0 Å². The van der Waals surface area contributed by atoms with Gasteiger partial charge in [-0.05, 0) is 18.8 Å². The molecule has 2 fully saturated rings. The fraction of sp³-hybridized carbons (Fsp3) is 1.00. The minimum absolute atomic E-state index is 0.0428. The van der Waals surface area contributed by atoms with E-state index in [9.17, 15) is 8.78 Å². The highest BCUT2D eigenvalue weighted by Crippen LogP contribution is 2.66. The van der Waals surface area contributed by atoms with Crippen LogP contribution in [0.5, 0.6) is 0 Å². The highest BCUT2D eigenvalue weighted by molar-refractivity contribution is 5.14. The van der Waals surface area contributed by atoms with Gasteiger partial charge in [0.2, 0.25) is 0 Å². The van der Waals surface area contributed by atoms with Crippen molar-refractivity contribution in [2.45, 2.75) is 44.4 Å². The molecular formula is C10H17F2N. The van der Waals surface area contributed by atoms with Gasteiger partial charge >= 0.3 is 0 Å². The minimum atomic E-state index is -2.45. The predicted molar refractivity (Wildman–Crippen MR) is 47.6 cm³/mol. The number of hydrogen-bond donors (Lipinski definition) is 1. The first-order valence-electron chi connectivity index (χ1n) is 5.20. The monoisotopic (exact) mass is 189 g/mol. The summed E-state index contributed by atoms with van der Waals surface area (Å²) in [7, 11) is 0. The van der Waals surface area contributed by atoms with E-state index >= 15 is 0 Å². The highest BCUT2D eigenvalue weighted by Gasteiger charge is 2.72. The van der Waals surface area contributed by atoms with Crippen molar-refractivity contribution < 1.29 is 8.78 Å². The molecule has 0 aromatic rings. The first-order chi connectivity index (χ1) is 6.12. The molecule has 0 aromatic carbocycles. The zero-order chi connectivity index (χ0) is 9.53. The lowest BCUT2D eigenvalue weighted by atomic mass is 9.77. The normalized spacial score (nSPS) is 39.0. The van der Waals surface area contributed by atoms with Crippen molar-refractivity contribution in [1.82, 2.24) is 0 Å². The Kier molecular flexibility index (Phi) is 2.10. The largest absolute Gasteiger partial charge is 0.330 e. The fourth-order valence-corrected chi connectivity index (χ4v) is 2.84. The van der Waals surface area contributed by atoms with Crippen molar-refractivity contribution in [1.29, 1.82) is 0 Å². The maximum Gasteiger partial charge on any atom is 0.256 e. The third-order valence-corrected chi connectivity index (χ3v) is 3.89. The molecule has 13 heavy (non-hydrogen) atoms. The summed E-state index contributed by atoms with van der Waals surface area (Å²) in [4.78, 5) is 0. The number of hydrogen-bond acceptors (Lipinski definition) is 1. The lowest BCUT2D eigenvalue weighted by Gasteiger charge is -2.29. The molecule has 0 amide bonds. The molecule has 1 nitrogen and oxygen atoms in total. The topological polar surface area (TPSA) is 26.0 Å². The Balaban J connectivity index is 2.05. The smallest absolute Gasteiger partial charge is 0.256 e. The van der Waals surface area contributed by atoms with Crippen LogP contribution in [-0.4, -0.2) is 12.5 Å². The summed E-state index contributed by atoms with van der Waals surface area (Å²) in [6, 6.07) is 0. The van der Waals surface area contributed by atoms with E-state index in [0.29, 0.717) is 0 Å². The second-order valence-corrected chi connectivity index (χ2v) is 4.58. The Morgan fingerprint density at radius 3 is 2.08 bits per heavy atom. The second-order valence-electron chi connectivity index (χ2n) is 4.58. The van der Waals surface area contributed by atoms with Gasteiger partial charge in [-0.15, -0.1) is 0 Å². The highest BCUT2D eigenvalue weighted by atomic mass is 19.3. The zero-order valence-electron chi connectivity index (χ0n) is 7.86. The van der Waals surface area contributed by atoms with Crippen molar-refractivity contribution in [3.05, 3.63) is 0 Å². The first-order valence-corrected chi connectivity index (χ1v) is 5.20.